The number of ether oxygens (including phenoxy) is 2. The summed E-state index contributed by atoms with van der Waals surface area (Å²) in [5.41, 5.74) is 7.43. The van der Waals surface area contributed by atoms with Crippen LogP contribution in [0.4, 0.5) is 0 Å². The Morgan fingerprint density at radius 2 is 1.90 bits per heavy atom. The number of nitrogens with two attached hydrogens (primary N) is 1. The average Bonchev–Trinajstić information content (AvgIpc) is 3.13. The molecular weight excluding hydrogens is 448 g/mol. The van der Waals surface area contributed by atoms with Gasteiger partial charge < -0.3 is 20.5 Å². The third-order valence-electron chi connectivity index (χ3n) is 5.66. The first kappa shape index (κ1) is 20.4. The van der Waals surface area contributed by atoms with Crippen molar-refractivity contribution in [1.82, 2.24) is 15.1 Å². The molecule has 0 aliphatic carbocycles. The minimum atomic E-state index is -0.847. The van der Waals surface area contributed by atoms with E-state index in [1.165, 1.54) is 40.2 Å². The number of β-lactam (4-membered cyclic amide) rings is 2. The van der Waals surface area contributed by atoms with Crippen LogP contribution in [0.5, 0.6) is 0 Å². The molecule has 0 unspecified atom stereocenters. The Hall–Kier alpha value is -2.51. The first-order valence-corrected chi connectivity index (χ1v) is 11.6. The quantitative estimate of drug-likeness (QED) is 0.361. The molecule has 0 aromatic carbocycles. The van der Waals surface area contributed by atoms with Crippen molar-refractivity contribution >= 4 is 53.2 Å². The van der Waals surface area contributed by atoms with Gasteiger partial charge in [-0.15, -0.1) is 23.5 Å². The van der Waals surface area contributed by atoms with Crippen LogP contribution in [0.2, 0.25) is 0 Å². The third-order valence-corrected chi connectivity index (χ3v) is 8.36. The molecule has 31 heavy (non-hydrogen) atoms. The molecule has 5 rings (SSSR count). The van der Waals surface area contributed by atoms with Gasteiger partial charge in [0.05, 0.1) is 0 Å². The fourth-order valence-corrected chi connectivity index (χ4v) is 6.71. The zero-order valence-corrected chi connectivity index (χ0v) is 17.9. The number of fused-ring (bicyclic) bond motifs is 3. The van der Waals surface area contributed by atoms with Gasteiger partial charge in [0.2, 0.25) is 5.91 Å². The molecule has 2 fully saturated rings. The Morgan fingerprint density at radius 3 is 2.65 bits per heavy atom. The number of amides is 3. The second-order valence-corrected chi connectivity index (χ2v) is 9.77. The monoisotopic (exact) mass is 466 g/mol. The Morgan fingerprint density at radius 1 is 1.16 bits per heavy atom. The number of cyclic esters (lactones) is 1. The lowest BCUT2D eigenvalue weighted by Crippen LogP contribution is -2.72. The van der Waals surface area contributed by atoms with Crippen LogP contribution in [-0.4, -0.2) is 87.0 Å². The lowest BCUT2D eigenvalue weighted by atomic mass is 10.0. The van der Waals surface area contributed by atoms with Crippen molar-refractivity contribution in [2.24, 2.45) is 5.73 Å². The summed E-state index contributed by atoms with van der Waals surface area (Å²) in [7, 11) is 0. The van der Waals surface area contributed by atoms with Gasteiger partial charge in [-0.2, -0.15) is 0 Å². The van der Waals surface area contributed by atoms with Crippen molar-refractivity contribution in [3.63, 3.8) is 0 Å². The number of thioether (sulfide) groups is 2. The number of hydrogen-bond donors (Lipinski definition) is 2. The van der Waals surface area contributed by atoms with E-state index in [4.69, 9.17) is 15.2 Å². The van der Waals surface area contributed by atoms with Crippen molar-refractivity contribution in [1.29, 1.82) is 0 Å². The van der Waals surface area contributed by atoms with Gasteiger partial charge in [-0.3, -0.25) is 29.0 Å². The number of nitrogens with zero attached hydrogens (tertiary/aromatic N) is 2. The molecule has 0 radical (unpaired) electrons. The van der Waals surface area contributed by atoms with E-state index >= 15 is 0 Å². The van der Waals surface area contributed by atoms with Crippen LogP contribution in [0, 0.1) is 0 Å². The highest BCUT2D eigenvalue weighted by Gasteiger charge is 2.57. The van der Waals surface area contributed by atoms with Gasteiger partial charge >= 0.3 is 11.9 Å². The summed E-state index contributed by atoms with van der Waals surface area (Å²) >= 11 is 2.82. The van der Waals surface area contributed by atoms with Crippen LogP contribution in [0.3, 0.4) is 0 Å². The minimum Gasteiger partial charge on any atom is -0.461 e. The number of rotatable bonds is 4. The molecule has 11 nitrogen and oxygen atoms in total. The van der Waals surface area contributed by atoms with Gasteiger partial charge in [0.15, 0.2) is 0 Å². The molecule has 0 bridgehead atoms. The van der Waals surface area contributed by atoms with Crippen LogP contribution >= 0.6 is 23.5 Å². The van der Waals surface area contributed by atoms with E-state index in [0.717, 1.165) is 5.57 Å². The third kappa shape index (κ3) is 2.97. The molecule has 4 atom stereocenters. The molecule has 3 amide bonds. The predicted octanol–water partition coefficient (Wildman–Crippen LogP) is -1.74. The van der Waals surface area contributed by atoms with Gasteiger partial charge in [-0.25, -0.2) is 4.79 Å². The first-order chi connectivity index (χ1) is 14.8. The summed E-state index contributed by atoms with van der Waals surface area (Å²) in [6.45, 7) is 1.29. The van der Waals surface area contributed by atoms with Crippen LogP contribution in [0.1, 0.15) is 6.92 Å². The van der Waals surface area contributed by atoms with Crippen molar-refractivity contribution < 1.29 is 33.4 Å². The second-order valence-electron chi connectivity index (χ2n) is 7.56. The molecule has 164 valence electrons. The van der Waals surface area contributed by atoms with Gasteiger partial charge in [0, 0.05) is 29.6 Å². The van der Waals surface area contributed by atoms with Crippen molar-refractivity contribution in [3.05, 3.63) is 22.5 Å². The molecule has 2 saturated heterocycles. The van der Waals surface area contributed by atoms with E-state index in [-0.39, 0.29) is 30.0 Å². The van der Waals surface area contributed by atoms with Crippen molar-refractivity contribution in [2.75, 3.05) is 24.7 Å². The molecule has 3 N–H and O–H groups in total. The maximum Gasteiger partial charge on any atom is 0.355 e. The van der Waals surface area contributed by atoms with Gasteiger partial charge in [-0.05, 0) is 0 Å². The fraction of sp³-hybridized carbons (Fsp3) is 0.500. The lowest BCUT2D eigenvalue weighted by molar-refractivity contribution is -0.151. The molecular formula is C18H18N4O7S2. The minimum absolute atomic E-state index is 0.0731. The average molecular weight is 466 g/mol. The second kappa shape index (κ2) is 7.28. The number of esters is 2. The Kier molecular flexibility index (Phi) is 4.79. The summed E-state index contributed by atoms with van der Waals surface area (Å²) in [6, 6.07) is -1.56. The van der Waals surface area contributed by atoms with E-state index in [9.17, 15) is 24.0 Å². The summed E-state index contributed by atoms with van der Waals surface area (Å²) in [4.78, 5) is 64.1. The molecule has 5 aliphatic heterocycles. The summed E-state index contributed by atoms with van der Waals surface area (Å²) < 4.78 is 10.1. The van der Waals surface area contributed by atoms with E-state index in [1.54, 1.807) is 0 Å². The zero-order valence-electron chi connectivity index (χ0n) is 16.3. The lowest BCUT2D eigenvalue weighted by Gasteiger charge is -2.50. The number of carbonyl (C=O) groups is 5. The van der Waals surface area contributed by atoms with Gasteiger partial charge in [0.1, 0.15) is 47.4 Å². The van der Waals surface area contributed by atoms with Crippen molar-refractivity contribution in [3.8, 4) is 0 Å². The highest BCUT2D eigenvalue weighted by molar-refractivity contribution is 8.00. The molecule has 13 heteroatoms. The normalized spacial score (nSPS) is 31.4. The van der Waals surface area contributed by atoms with Crippen LogP contribution in [-0.2, 0) is 33.4 Å². The van der Waals surface area contributed by atoms with Gasteiger partial charge in [-0.1, -0.05) is 0 Å². The van der Waals surface area contributed by atoms with E-state index < -0.39 is 47.1 Å². The molecule has 0 saturated carbocycles. The standard InChI is InChI=1S/C18H18N4O7S2/c1-6(23)28-2-7-4-30-16-9(19)14(25)21(16)11(7)13(24)20-10-15(26)22-12-8(3-29-18(12)27)5-31-17(10)22/h9-10,16-17H,2-5,19H2,1H3,(H,20,24)/t9-,10-,16-,17-/m1/s1. The largest absolute Gasteiger partial charge is 0.461 e. The van der Waals surface area contributed by atoms with Crippen molar-refractivity contribution in [2.45, 2.75) is 29.8 Å². The van der Waals surface area contributed by atoms with Crippen LogP contribution in [0.15, 0.2) is 22.5 Å². The Balaban J connectivity index is 1.37. The SMILES string of the molecule is CC(=O)OCC1=C(C(=O)N[C@@H]2C(=O)N3C4=C(COC4=O)CS[C@H]23)N2C(=O)[C@@H](N)[C@H]2SC1. The number of hydrogen-bond acceptors (Lipinski definition) is 10. The molecule has 0 aromatic rings. The Bertz CT molecular complexity index is 1010. The maximum atomic E-state index is 13.2. The van der Waals surface area contributed by atoms with Crippen LogP contribution < -0.4 is 11.1 Å². The first-order valence-electron chi connectivity index (χ1n) is 9.50. The highest BCUT2D eigenvalue weighted by Crippen LogP contribution is 2.43. The molecule has 0 spiro atoms. The highest BCUT2D eigenvalue weighted by atomic mass is 32.2. The maximum absolute atomic E-state index is 13.2. The Labute approximate surface area is 184 Å². The number of nitrogens with one attached hydrogen (secondary N) is 1. The number of carbonyl (C=O) groups excluding carboxylic acids is 5. The smallest absolute Gasteiger partial charge is 0.355 e. The topological polar surface area (TPSA) is 148 Å². The van der Waals surface area contributed by atoms with E-state index in [1.807, 2.05) is 0 Å². The van der Waals surface area contributed by atoms with E-state index in [0.29, 0.717) is 17.1 Å². The molecule has 0 aromatic heterocycles. The van der Waals surface area contributed by atoms with E-state index in [2.05, 4.69) is 5.32 Å². The summed E-state index contributed by atoms with van der Waals surface area (Å²) in [5, 5.41) is 1.89. The summed E-state index contributed by atoms with van der Waals surface area (Å²) in [5.74, 6) is -1.57. The molecule has 5 heterocycles. The predicted molar refractivity (Wildman–Crippen MR) is 108 cm³/mol. The molecule has 5 aliphatic rings. The van der Waals surface area contributed by atoms with Gasteiger partial charge in [0.25, 0.3) is 11.8 Å². The summed E-state index contributed by atoms with van der Waals surface area (Å²) in [6.07, 6.45) is 0. The van der Waals surface area contributed by atoms with Crippen LogP contribution in [0.25, 0.3) is 0 Å². The fourth-order valence-electron chi connectivity index (χ4n) is 4.11. The zero-order chi connectivity index (χ0) is 22.0.